The minimum absolute atomic E-state index is 0.189. The highest BCUT2D eigenvalue weighted by Gasteiger charge is 2.39. The van der Waals surface area contributed by atoms with Gasteiger partial charge in [-0.1, -0.05) is 12.1 Å². The first kappa shape index (κ1) is 11.8. The van der Waals surface area contributed by atoms with Crippen molar-refractivity contribution in [3.63, 3.8) is 0 Å². The summed E-state index contributed by atoms with van der Waals surface area (Å²) in [4.78, 5) is 0. The fraction of sp³-hybridized carbons (Fsp3) is 0.400. The third-order valence-corrected chi connectivity index (χ3v) is 1.82. The highest BCUT2D eigenvalue weighted by molar-refractivity contribution is 5.29. The van der Waals surface area contributed by atoms with Crippen LogP contribution < -0.4 is 4.74 Å². The monoisotopic (exact) mass is 220 g/mol. The number of halogens is 3. The Hall–Kier alpha value is -1.23. The zero-order valence-electron chi connectivity index (χ0n) is 8.08. The number of hydrogen-bond acceptors (Lipinski definition) is 2. The van der Waals surface area contributed by atoms with Crippen LogP contribution in [0, 0.1) is 0 Å². The molecular weight excluding hydrogens is 209 g/mol. The van der Waals surface area contributed by atoms with Crippen molar-refractivity contribution in [1.29, 1.82) is 0 Å². The number of hydrogen-bond donors (Lipinski definition) is 1. The first-order valence-electron chi connectivity index (χ1n) is 4.42. The fourth-order valence-corrected chi connectivity index (χ4v) is 1.10. The molecule has 0 aliphatic heterocycles. The van der Waals surface area contributed by atoms with Crippen LogP contribution in [0.1, 0.15) is 18.6 Å². The lowest BCUT2D eigenvalue weighted by Crippen LogP contribution is -2.19. The van der Waals surface area contributed by atoms with E-state index in [9.17, 15) is 13.2 Å². The van der Waals surface area contributed by atoms with Crippen molar-refractivity contribution in [1.82, 2.24) is 0 Å². The van der Waals surface area contributed by atoms with Crippen LogP contribution in [0.25, 0.3) is 0 Å². The Morgan fingerprint density at radius 3 is 2.20 bits per heavy atom. The van der Waals surface area contributed by atoms with Crippen molar-refractivity contribution in [2.75, 3.05) is 6.61 Å². The standard InChI is InChI=1S/C10H11F3O2/c1-2-15-8-5-3-7(4-6-8)9(14)10(11,12)13/h3-6,9,14H,2H2,1H3/t9-/m0/s1. The van der Waals surface area contributed by atoms with Gasteiger partial charge in [0.15, 0.2) is 6.10 Å². The number of aliphatic hydroxyl groups excluding tert-OH is 1. The van der Waals surface area contributed by atoms with E-state index in [1.807, 2.05) is 0 Å². The SMILES string of the molecule is CCOc1ccc([C@H](O)C(F)(F)F)cc1. The maximum atomic E-state index is 12.1. The predicted octanol–water partition coefficient (Wildman–Crippen LogP) is 2.68. The Labute approximate surface area is 85.3 Å². The van der Waals surface area contributed by atoms with Crippen LogP contribution >= 0.6 is 0 Å². The Balaban J connectivity index is 2.80. The molecule has 0 heterocycles. The zero-order chi connectivity index (χ0) is 11.5. The summed E-state index contributed by atoms with van der Waals surface area (Å²) < 4.78 is 41.4. The van der Waals surface area contributed by atoms with E-state index in [4.69, 9.17) is 9.84 Å². The normalized spacial score (nSPS) is 13.7. The average Bonchev–Trinajstić information content (AvgIpc) is 2.17. The second-order valence-electron chi connectivity index (χ2n) is 2.95. The third kappa shape index (κ3) is 3.13. The quantitative estimate of drug-likeness (QED) is 0.848. The van der Waals surface area contributed by atoms with E-state index < -0.39 is 12.3 Å². The molecule has 0 amide bonds. The van der Waals surface area contributed by atoms with E-state index in [1.165, 1.54) is 24.3 Å². The highest BCUT2D eigenvalue weighted by Crippen LogP contribution is 2.32. The molecule has 0 aromatic heterocycles. The van der Waals surface area contributed by atoms with Gasteiger partial charge in [0.25, 0.3) is 0 Å². The van der Waals surface area contributed by atoms with E-state index >= 15 is 0 Å². The summed E-state index contributed by atoms with van der Waals surface area (Å²) in [5, 5.41) is 8.91. The molecule has 0 spiro atoms. The molecule has 0 saturated carbocycles. The van der Waals surface area contributed by atoms with Crippen LogP contribution in [-0.2, 0) is 0 Å². The number of alkyl halides is 3. The predicted molar refractivity (Wildman–Crippen MR) is 48.6 cm³/mol. The molecule has 2 nitrogen and oxygen atoms in total. The van der Waals surface area contributed by atoms with Gasteiger partial charge in [-0.15, -0.1) is 0 Å². The van der Waals surface area contributed by atoms with Crippen LogP contribution in [0.15, 0.2) is 24.3 Å². The maximum absolute atomic E-state index is 12.1. The van der Waals surface area contributed by atoms with Gasteiger partial charge >= 0.3 is 6.18 Å². The minimum Gasteiger partial charge on any atom is -0.494 e. The molecule has 1 atom stereocenters. The Bertz CT molecular complexity index is 305. The van der Waals surface area contributed by atoms with Gasteiger partial charge in [-0.25, -0.2) is 0 Å². The Morgan fingerprint density at radius 2 is 1.80 bits per heavy atom. The number of aliphatic hydroxyl groups is 1. The molecule has 0 unspecified atom stereocenters. The van der Waals surface area contributed by atoms with Crippen LogP contribution in [0.4, 0.5) is 13.2 Å². The second kappa shape index (κ2) is 4.53. The van der Waals surface area contributed by atoms with Gasteiger partial charge < -0.3 is 9.84 Å². The molecule has 0 bridgehead atoms. The van der Waals surface area contributed by atoms with Gasteiger partial charge in [0.05, 0.1) is 6.61 Å². The fourth-order valence-electron chi connectivity index (χ4n) is 1.10. The molecule has 1 rings (SSSR count). The summed E-state index contributed by atoms with van der Waals surface area (Å²) >= 11 is 0. The van der Waals surface area contributed by atoms with Crippen molar-refractivity contribution < 1.29 is 23.0 Å². The molecule has 0 saturated heterocycles. The number of ether oxygens (including phenoxy) is 1. The van der Waals surface area contributed by atoms with E-state index in [1.54, 1.807) is 6.92 Å². The van der Waals surface area contributed by atoms with Crippen molar-refractivity contribution in [2.24, 2.45) is 0 Å². The van der Waals surface area contributed by atoms with Crippen LogP contribution in [0.2, 0.25) is 0 Å². The summed E-state index contributed by atoms with van der Waals surface area (Å²) in [6.07, 6.45) is -7.07. The number of benzene rings is 1. The van der Waals surface area contributed by atoms with Crippen molar-refractivity contribution >= 4 is 0 Å². The first-order chi connectivity index (χ1) is 6.95. The molecule has 0 aliphatic rings. The molecule has 15 heavy (non-hydrogen) atoms. The van der Waals surface area contributed by atoms with Gasteiger partial charge in [0, 0.05) is 0 Å². The minimum atomic E-state index is -4.63. The summed E-state index contributed by atoms with van der Waals surface area (Å²) in [5.41, 5.74) is -0.189. The van der Waals surface area contributed by atoms with E-state index in [-0.39, 0.29) is 5.56 Å². The maximum Gasteiger partial charge on any atom is 0.418 e. The number of rotatable bonds is 3. The van der Waals surface area contributed by atoms with Gasteiger partial charge in [-0.2, -0.15) is 13.2 Å². The Kier molecular flexibility index (Phi) is 3.57. The lowest BCUT2D eigenvalue weighted by Gasteiger charge is -2.14. The van der Waals surface area contributed by atoms with Gasteiger partial charge in [-0.3, -0.25) is 0 Å². The summed E-state index contributed by atoms with van der Waals surface area (Å²) in [6, 6.07) is 5.19. The van der Waals surface area contributed by atoms with Crippen LogP contribution in [0.5, 0.6) is 5.75 Å². The van der Waals surface area contributed by atoms with Crippen LogP contribution in [-0.4, -0.2) is 17.9 Å². The van der Waals surface area contributed by atoms with E-state index in [0.717, 1.165) is 0 Å². The average molecular weight is 220 g/mol. The topological polar surface area (TPSA) is 29.5 Å². The van der Waals surface area contributed by atoms with Gasteiger partial charge in [0.1, 0.15) is 5.75 Å². The summed E-state index contributed by atoms with van der Waals surface area (Å²) in [7, 11) is 0. The molecule has 84 valence electrons. The van der Waals surface area contributed by atoms with Crippen molar-refractivity contribution in [3.05, 3.63) is 29.8 Å². The Morgan fingerprint density at radius 1 is 1.27 bits per heavy atom. The molecule has 1 aromatic rings. The first-order valence-corrected chi connectivity index (χ1v) is 4.42. The molecular formula is C10H11F3O2. The zero-order valence-corrected chi connectivity index (χ0v) is 8.08. The molecule has 1 N–H and O–H groups in total. The van der Waals surface area contributed by atoms with Gasteiger partial charge in [-0.05, 0) is 24.6 Å². The molecule has 0 radical (unpaired) electrons. The largest absolute Gasteiger partial charge is 0.494 e. The third-order valence-electron chi connectivity index (χ3n) is 1.82. The highest BCUT2D eigenvalue weighted by atomic mass is 19.4. The van der Waals surface area contributed by atoms with Crippen LogP contribution in [0.3, 0.4) is 0 Å². The summed E-state index contributed by atoms with van der Waals surface area (Å²) in [6.45, 7) is 2.22. The lowest BCUT2D eigenvalue weighted by atomic mass is 10.1. The summed E-state index contributed by atoms with van der Waals surface area (Å²) in [5.74, 6) is 0.482. The van der Waals surface area contributed by atoms with Crippen molar-refractivity contribution in [3.8, 4) is 5.75 Å². The smallest absolute Gasteiger partial charge is 0.418 e. The molecule has 5 heteroatoms. The van der Waals surface area contributed by atoms with E-state index in [2.05, 4.69) is 0 Å². The lowest BCUT2D eigenvalue weighted by molar-refractivity contribution is -0.206. The molecule has 0 fully saturated rings. The molecule has 0 aliphatic carbocycles. The van der Waals surface area contributed by atoms with E-state index in [0.29, 0.717) is 12.4 Å². The van der Waals surface area contributed by atoms with Crippen molar-refractivity contribution in [2.45, 2.75) is 19.2 Å². The van der Waals surface area contributed by atoms with Gasteiger partial charge in [0.2, 0.25) is 0 Å². The second-order valence-corrected chi connectivity index (χ2v) is 2.95. The molecule has 1 aromatic carbocycles.